The lowest BCUT2D eigenvalue weighted by Gasteiger charge is -2.36. The van der Waals surface area contributed by atoms with Crippen LogP contribution >= 0.6 is 0 Å². The first-order valence-electron chi connectivity index (χ1n) is 8.91. The lowest BCUT2D eigenvalue weighted by Crippen LogP contribution is -2.55. The summed E-state index contributed by atoms with van der Waals surface area (Å²) >= 11 is 0. The highest BCUT2D eigenvalue weighted by Gasteiger charge is 2.32. The van der Waals surface area contributed by atoms with Crippen molar-refractivity contribution in [3.8, 4) is 0 Å². The smallest absolute Gasteiger partial charge is 0.253 e. The standard InChI is InChI=1S/C19H29N3O2/c1-3-19(4-2,14-20)21-17(23)15-10-12-22(13-11-15)18(24)16-8-6-5-7-9-16/h5-9,15H,3-4,10-14,20H2,1-2H3,(H,21,23). The van der Waals surface area contributed by atoms with E-state index >= 15 is 0 Å². The van der Waals surface area contributed by atoms with Crippen LogP contribution in [-0.2, 0) is 4.79 Å². The van der Waals surface area contributed by atoms with Crippen molar-refractivity contribution >= 4 is 11.8 Å². The zero-order valence-electron chi connectivity index (χ0n) is 14.8. The predicted molar refractivity (Wildman–Crippen MR) is 95.6 cm³/mol. The monoisotopic (exact) mass is 331 g/mol. The minimum Gasteiger partial charge on any atom is -0.349 e. The zero-order valence-corrected chi connectivity index (χ0v) is 14.8. The molecule has 1 fully saturated rings. The molecule has 132 valence electrons. The van der Waals surface area contributed by atoms with Crippen LogP contribution in [0.1, 0.15) is 49.9 Å². The number of carbonyl (C=O) groups is 2. The summed E-state index contributed by atoms with van der Waals surface area (Å²) in [4.78, 5) is 26.9. The summed E-state index contributed by atoms with van der Waals surface area (Å²) in [6.45, 7) is 5.81. The van der Waals surface area contributed by atoms with Gasteiger partial charge in [-0.2, -0.15) is 0 Å². The molecule has 24 heavy (non-hydrogen) atoms. The second kappa shape index (κ2) is 8.29. The van der Waals surface area contributed by atoms with Crippen LogP contribution in [0.15, 0.2) is 30.3 Å². The van der Waals surface area contributed by atoms with E-state index in [-0.39, 0.29) is 23.3 Å². The van der Waals surface area contributed by atoms with E-state index in [1.54, 1.807) is 0 Å². The van der Waals surface area contributed by atoms with Crippen molar-refractivity contribution in [1.82, 2.24) is 10.2 Å². The van der Waals surface area contributed by atoms with Gasteiger partial charge in [0.05, 0.1) is 5.54 Å². The van der Waals surface area contributed by atoms with Crippen molar-refractivity contribution in [2.24, 2.45) is 11.7 Å². The van der Waals surface area contributed by atoms with Gasteiger partial charge in [0.2, 0.25) is 5.91 Å². The molecule has 0 spiro atoms. The van der Waals surface area contributed by atoms with E-state index in [2.05, 4.69) is 19.2 Å². The summed E-state index contributed by atoms with van der Waals surface area (Å²) in [5, 5.41) is 3.16. The van der Waals surface area contributed by atoms with E-state index in [1.165, 1.54) is 0 Å². The Morgan fingerprint density at radius 1 is 1.17 bits per heavy atom. The molecule has 1 aliphatic rings. The van der Waals surface area contributed by atoms with E-state index in [4.69, 9.17) is 5.73 Å². The van der Waals surface area contributed by atoms with Crippen LogP contribution in [0.3, 0.4) is 0 Å². The fraction of sp³-hybridized carbons (Fsp3) is 0.579. The van der Waals surface area contributed by atoms with Gasteiger partial charge in [-0.3, -0.25) is 9.59 Å². The molecular formula is C19H29N3O2. The molecule has 5 heteroatoms. The summed E-state index contributed by atoms with van der Waals surface area (Å²) in [5.74, 6) is 0.0951. The molecule has 1 aromatic carbocycles. The quantitative estimate of drug-likeness (QED) is 0.839. The van der Waals surface area contributed by atoms with Crippen molar-refractivity contribution < 1.29 is 9.59 Å². The Morgan fingerprint density at radius 3 is 2.25 bits per heavy atom. The van der Waals surface area contributed by atoms with Gasteiger partial charge in [0.1, 0.15) is 0 Å². The molecule has 3 N–H and O–H groups in total. The van der Waals surface area contributed by atoms with Crippen LogP contribution in [0.4, 0.5) is 0 Å². The highest BCUT2D eigenvalue weighted by atomic mass is 16.2. The van der Waals surface area contributed by atoms with E-state index < -0.39 is 0 Å². The summed E-state index contributed by atoms with van der Waals surface area (Å²) in [5.41, 5.74) is 6.28. The average molecular weight is 331 g/mol. The summed E-state index contributed by atoms with van der Waals surface area (Å²) < 4.78 is 0. The van der Waals surface area contributed by atoms with E-state index in [1.807, 2.05) is 35.2 Å². The van der Waals surface area contributed by atoms with Gasteiger partial charge in [-0.05, 0) is 37.8 Å². The Kier molecular flexibility index (Phi) is 6.37. The second-order valence-electron chi connectivity index (χ2n) is 6.61. The summed E-state index contributed by atoms with van der Waals surface area (Å²) in [7, 11) is 0. The fourth-order valence-corrected chi connectivity index (χ4v) is 3.24. The molecule has 2 amide bonds. The normalized spacial score (nSPS) is 16.0. The van der Waals surface area contributed by atoms with Crippen LogP contribution in [0.5, 0.6) is 0 Å². The second-order valence-corrected chi connectivity index (χ2v) is 6.61. The number of hydrogen-bond acceptors (Lipinski definition) is 3. The third-order valence-corrected chi connectivity index (χ3v) is 5.31. The first-order valence-corrected chi connectivity index (χ1v) is 8.91. The largest absolute Gasteiger partial charge is 0.349 e. The average Bonchev–Trinajstić information content (AvgIpc) is 2.66. The van der Waals surface area contributed by atoms with Gasteiger partial charge < -0.3 is 16.0 Å². The minimum absolute atomic E-state index is 0.0335. The van der Waals surface area contributed by atoms with E-state index in [0.717, 1.165) is 12.8 Å². The number of hydrogen-bond donors (Lipinski definition) is 2. The molecule has 1 aliphatic heterocycles. The lowest BCUT2D eigenvalue weighted by molar-refractivity contribution is -0.128. The number of benzene rings is 1. The van der Waals surface area contributed by atoms with Crippen molar-refractivity contribution in [3.05, 3.63) is 35.9 Å². The topological polar surface area (TPSA) is 75.4 Å². The van der Waals surface area contributed by atoms with Gasteiger partial charge in [-0.25, -0.2) is 0 Å². The number of carbonyl (C=O) groups excluding carboxylic acids is 2. The van der Waals surface area contributed by atoms with Crippen LogP contribution in [0.2, 0.25) is 0 Å². The molecule has 1 aromatic rings. The SMILES string of the molecule is CCC(CC)(CN)NC(=O)C1CCN(C(=O)c2ccccc2)CC1. The molecule has 5 nitrogen and oxygen atoms in total. The molecule has 1 heterocycles. The van der Waals surface area contributed by atoms with Crippen LogP contribution in [0.25, 0.3) is 0 Å². The summed E-state index contributed by atoms with van der Waals surface area (Å²) in [6, 6.07) is 9.31. The lowest BCUT2D eigenvalue weighted by atomic mass is 9.89. The molecular weight excluding hydrogens is 302 g/mol. The maximum absolute atomic E-state index is 12.6. The number of rotatable bonds is 6. The van der Waals surface area contributed by atoms with Crippen molar-refractivity contribution in [2.75, 3.05) is 19.6 Å². The van der Waals surface area contributed by atoms with Crippen molar-refractivity contribution in [2.45, 2.75) is 45.1 Å². The molecule has 0 unspecified atom stereocenters. The maximum atomic E-state index is 12.6. The highest BCUT2D eigenvalue weighted by molar-refractivity contribution is 5.94. The third kappa shape index (κ3) is 4.15. The molecule has 0 bridgehead atoms. The van der Waals surface area contributed by atoms with E-state index in [9.17, 15) is 9.59 Å². The van der Waals surface area contributed by atoms with Gasteiger partial charge in [0.15, 0.2) is 0 Å². The molecule has 0 radical (unpaired) electrons. The van der Waals surface area contributed by atoms with Gasteiger partial charge in [-0.15, -0.1) is 0 Å². The van der Waals surface area contributed by atoms with Crippen LogP contribution < -0.4 is 11.1 Å². The summed E-state index contributed by atoms with van der Waals surface area (Å²) in [6.07, 6.45) is 3.07. The fourth-order valence-electron chi connectivity index (χ4n) is 3.24. The number of amides is 2. The predicted octanol–water partition coefficient (Wildman–Crippen LogP) is 2.17. The third-order valence-electron chi connectivity index (χ3n) is 5.31. The molecule has 2 rings (SSSR count). The van der Waals surface area contributed by atoms with Crippen LogP contribution in [-0.4, -0.2) is 41.9 Å². The molecule has 0 saturated carbocycles. The molecule has 0 atom stereocenters. The molecule has 0 aromatic heterocycles. The first kappa shape index (κ1) is 18.5. The van der Waals surface area contributed by atoms with Crippen LogP contribution in [0, 0.1) is 5.92 Å². The Morgan fingerprint density at radius 2 is 1.75 bits per heavy atom. The first-order chi connectivity index (χ1) is 11.5. The zero-order chi connectivity index (χ0) is 17.6. The highest BCUT2D eigenvalue weighted by Crippen LogP contribution is 2.22. The molecule has 1 saturated heterocycles. The van der Waals surface area contributed by atoms with Gasteiger partial charge >= 0.3 is 0 Å². The van der Waals surface area contributed by atoms with Gasteiger partial charge in [-0.1, -0.05) is 32.0 Å². The number of piperidine rings is 1. The molecule has 0 aliphatic carbocycles. The number of nitrogens with one attached hydrogen (secondary N) is 1. The number of nitrogens with two attached hydrogens (primary N) is 1. The van der Waals surface area contributed by atoms with Crippen molar-refractivity contribution in [1.29, 1.82) is 0 Å². The van der Waals surface area contributed by atoms with Crippen molar-refractivity contribution in [3.63, 3.8) is 0 Å². The van der Waals surface area contributed by atoms with E-state index in [0.29, 0.717) is 38.0 Å². The van der Waals surface area contributed by atoms with Gasteiger partial charge in [0, 0.05) is 31.1 Å². The minimum atomic E-state index is -0.298. The van der Waals surface area contributed by atoms with Gasteiger partial charge in [0.25, 0.3) is 5.91 Å². The Hall–Kier alpha value is -1.88. The number of likely N-dealkylation sites (tertiary alicyclic amines) is 1. The Balaban J connectivity index is 1.90. The Labute approximate surface area is 144 Å². The number of nitrogens with zero attached hydrogens (tertiary/aromatic N) is 1. The maximum Gasteiger partial charge on any atom is 0.253 e. The Bertz CT molecular complexity index is 539.